The summed E-state index contributed by atoms with van der Waals surface area (Å²) < 4.78 is 86.0. The lowest BCUT2D eigenvalue weighted by molar-refractivity contribution is -0.119. The van der Waals surface area contributed by atoms with Gasteiger partial charge in [0.1, 0.15) is 54.6 Å². The summed E-state index contributed by atoms with van der Waals surface area (Å²) in [5.74, 6) is -0.133. The van der Waals surface area contributed by atoms with Crippen LogP contribution in [-0.2, 0) is 47.0 Å². The molecule has 10 unspecified atom stereocenters. The number of anilines is 2. The molecule has 4 aromatic rings. The summed E-state index contributed by atoms with van der Waals surface area (Å²) in [5.41, 5.74) is 11.4. The number of H-pyrrole nitrogens is 1. The summed E-state index contributed by atoms with van der Waals surface area (Å²) in [5, 5.41) is 0. The van der Waals surface area contributed by atoms with E-state index >= 15 is 0 Å². The molecule has 4 aliphatic heterocycles. The fraction of sp³-hybridized carbons (Fsp3) is 0.545. The number of imidazole rings is 2. The van der Waals surface area contributed by atoms with Crippen molar-refractivity contribution in [2.24, 2.45) is 0 Å². The molecule has 0 radical (unpaired) electrons. The van der Waals surface area contributed by atoms with E-state index in [2.05, 4.69) is 34.6 Å². The average Bonchev–Trinajstić information content (AvgIpc) is 3.75. The number of phosphoric acid groups is 1. The molecule has 0 spiro atoms. The molecule has 10 atom stereocenters. The number of aromatic nitrogens is 8. The molecular formula is C22H26N11O12PS. The number of ether oxygens (including phenoxy) is 4. The molecule has 25 heteroatoms. The van der Waals surface area contributed by atoms with E-state index in [4.69, 9.17) is 43.6 Å². The van der Waals surface area contributed by atoms with Gasteiger partial charge in [0.25, 0.3) is 5.56 Å². The summed E-state index contributed by atoms with van der Waals surface area (Å²) in [6, 6.07) is 0. The van der Waals surface area contributed by atoms with Gasteiger partial charge in [-0.15, -0.1) is 0 Å². The van der Waals surface area contributed by atoms with E-state index in [1.165, 1.54) is 35.2 Å². The Morgan fingerprint density at radius 2 is 1.72 bits per heavy atom. The number of phosphoric ester groups is 1. The number of methoxy groups -OCH3 is 1. The van der Waals surface area contributed by atoms with Gasteiger partial charge < -0.3 is 35.3 Å². The molecule has 4 aromatic heterocycles. The van der Waals surface area contributed by atoms with Crippen LogP contribution in [0.3, 0.4) is 0 Å². The second-order valence-electron chi connectivity index (χ2n) is 11.0. The Morgan fingerprint density at radius 1 is 0.979 bits per heavy atom. The Balaban J connectivity index is 1.16. The standard InChI is InChI=1S/C22H26N11O12PS/c1-39-11-7-2-29-47(37,38)45-13-12-8(3-40-14(13)20(42-12)32-5-27-9-16(23)25-4-26-17(9)32)43-46(35,36)44-15(11)21(41-7)33-6-28-10-18(33)30-22(24)31-19(10)34/h4-8,11-15,20-21,29H,2-3H2,1H3,(H,35,36)(H2,23,25,26)(H3,24,30,31,34). The zero-order chi connectivity index (χ0) is 32.8. The lowest BCUT2D eigenvalue weighted by Crippen LogP contribution is -2.52. The molecule has 4 fully saturated rings. The Labute approximate surface area is 262 Å². The van der Waals surface area contributed by atoms with Crippen LogP contribution < -0.4 is 21.7 Å². The summed E-state index contributed by atoms with van der Waals surface area (Å²) in [6.45, 7) is -0.772. The Hall–Kier alpha value is -3.68. The Kier molecular flexibility index (Phi) is 7.12. The lowest BCUT2D eigenvalue weighted by Gasteiger charge is -2.34. The topological polar surface area (TPSA) is 307 Å². The second kappa shape index (κ2) is 10.9. The fourth-order valence-corrected chi connectivity index (χ4v) is 8.31. The molecule has 0 amide bonds. The van der Waals surface area contributed by atoms with Crippen LogP contribution in [0.25, 0.3) is 22.3 Å². The van der Waals surface area contributed by atoms with E-state index in [9.17, 15) is 22.7 Å². The highest BCUT2D eigenvalue weighted by molar-refractivity contribution is 7.84. The van der Waals surface area contributed by atoms with Crippen LogP contribution in [0.1, 0.15) is 12.5 Å². The van der Waals surface area contributed by atoms with Gasteiger partial charge in [-0.3, -0.25) is 28.0 Å². The molecule has 47 heavy (non-hydrogen) atoms. The number of nitrogens with one attached hydrogen (secondary N) is 2. The molecule has 252 valence electrons. The van der Waals surface area contributed by atoms with Crippen molar-refractivity contribution in [3.8, 4) is 0 Å². The van der Waals surface area contributed by atoms with E-state index < -0.39 is 85.4 Å². The molecule has 8 heterocycles. The molecule has 0 saturated carbocycles. The predicted octanol–water partition coefficient (Wildman–Crippen LogP) is -2.56. The molecule has 6 bridgehead atoms. The van der Waals surface area contributed by atoms with Crippen molar-refractivity contribution >= 4 is 52.2 Å². The molecule has 8 rings (SSSR count). The van der Waals surface area contributed by atoms with Crippen LogP contribution in [0.15, 0.2) is 23.8 Å². The maximum absolute atomic E-state index is 13.7. The first-order chi connectivity index (χ1) is 22.4. The van der Waals surface area contributed by atoms with Crippen molar-refractivity contribution in [3.05, 3.63) is 29.3 Å². The monoisotopic (exact) mass is 699 g/mol. The maximum atomic E-state index is 13.7. The van der Waals surface area contributed by atoms with Gasteiger partial charge in [0.15, 0.2) is 35.1 Å². The zero-order valence-electron chi connectivity index (χ0n) is 23.9. The molecule has 0 aromatic carbocycles. The summed E-state index contributed by atoms with van der Waals surface area (Å²) >= 11 is 0. The van der Waals surface area contributed by atoms with E-state index in [1.807, 2.05) is 0 Å². The highest BCUT2D eigenvalue weighted by atomic mass is 32.2. The predicted molar refractivity (Wildman–Crippen MR) is 152 cm³/mol. The van der Waals surface area contributed by atoms with Gasteiger partial charge in [-0.1, -0.05) is 0 Å². The average molecular weight is 700 g/mol. The Morgan fingerprint density at radius 3 is 2.51 bits per heavy atom. The van der Waals surface area contributed by atoms with Crippen molar-refractivity contribution in [1.29, 1.82) is 0 Å². The molecule has 4 aliphatic rings. The van der Waals surface area contributed by atoms with Crippen molar-refractivity contribution in [1.82, 2.24) is 43.8 Å². The van der Waals surface area contributed by atoms with Crippen LogP contribution in [-0.4, -0.2) is 115 Å². The first-order valence-corrected chi connectivity index (χ1v) is 16.8. The zero-order valence-corrected chi connectivity index (χ0v) is 25.6. The smallest absolute Gasteiger partial charge is 0.382 e. The highest BCUT2D eigenvalue weighted by Crippen LogP contribution is 2.53. The molecular weight excluding hydrogens is 673 g/mol. The minimum absolute atomic E-state index is 0.0434. The second-order valence-corrected chi connectivity index (χ2v) is 13.7. The van der Waals surface area contributed by atoms with Crippen LogP contribution in [0.5, 0.6) is 0 Å². The van der Waals surface area contributed by atoms with Gasteiger partial charge in [-0.25, -0.2) is 28.7 Å². The van der Waals surface area contributed by atoms with E-state index in [0.717, 1.165) is 0 Å². The normalized spacial score (nSPS) is 37.0. The molecule has 4 saturated heterocycles. The van der Waals surface area contributed by atoms with Crippen LogP contribution >= 0.6 is 7.82 Å². The Bertz CT molecular complexity index is 2090. The SMILES string of the molecule is COC1C2CNS(=O)(=O)OC3C4OC(n5cnc6c(N)ncnc65)C3OCC4OP(=O)(O)OC1C(n1cnc3c(=O)[nH]c(N)nc31)O2. The fourth-order valence-electron chi connectivity index (χ4n) is 6.26. The number of fused-ring (bicyclic) bond motifs is 4. The van der Waals surface area contributed by atoms with E-state index in [0.29, 0.717) is 0 Å². The van der Waals surface area contributed by atoms with Crippen molar-refractivity contribution in [2.45, 2.75) is 55.2 Å². The van der Waals surface area contributed by atoms with Crippen molar-refractivity contribution < 1.29 is 50.1 Å². The number of nitrogens with zero attached hydrogens (tertiary/aromatic N) is 7. The van der Waals surface area contributed by atoms with E-state index in [1.54, 1.807) is 0 Å². The van der Waals surface area contributed by atoms with Gasteiger partial charge in [0, 0.05) is 13.7 Å². The molecule has 7 N–H and O–H groups in total. The van der Waals surface area contributed by atoms with Gasteiger partial charge in [0.05, 0.1) is 19.3 Å². The third-order valence-electron chi connectivity index (χ3n) is 8.21. The van der Waals surface area contributed by atoms with Gasteiger partial charge in [-0.2, -0.15) is 18.1 Å². The number of aromatic amines is 1. The third kappa shape index (κ3) is 5.08. The number of nitrogens with two attached hydrogens (primary N) is 2. The number of rotatable bonds is 3. The van der Waals surface area contributed by atoms with Crippen molar-refractivity contribution in [2.75, 3.05) is 31.7 Å². The van der Waals surface area contributed by atoms with Gasteiger partial charge in [-0.05, 0) is 0 Å². The van der Waals surface area contributed by atoms with E-state index in [-0.39, 0.29) is 40.7 Å². The number of hydrogen-bond donors (Lipinski definition) is 5. The quantitative estimate of drug-likeness (QED) is 0.137. The number of nitrogen functional groups attached to an aromatic ring is 2. The minimum atomic E-state index is -5.07. The number of hydrogen-bond acceptors (Lipinski definition) is 18. The summed E-state index contributed by atoms with van der Waals surface area (Å²) in [4.78, 5) is 46.3. The molecule has 23 nitrogen and oxygen atoms in total. The summed E-state index contributed by atoms with van der Waals surface area (Å²) in [7, 11) is -8.38. The van der Waals surface area contributed by atoms with Gasteiger partial charge >= 0.3 is 18.1 Å². The van der Waals surface area contributed by atoms with Gasteiger partial charge in [0.2, 0.25) is 5.95 Å². The third-order valence-corrected chi connectivity index (χ3v) is 10.3. The van der Waals surface area contributed by atoms with Crippen molar-refractivity contribution in [3.63, 3.8) is 0 Å². The van der Waals surface area contributed by atoms with Crippen LogP contribution in [0.2, 0.25) is 0 Å². The first kappa shape index (κ1) is 30.6. The minimum Gasteiger partial charge on any atom is -0.382 e. The van der Waals surface area contributed by atoms with Crippen LogP contribution in [0, 0.1) is 0 Å². The lowest BCUT2D eigenvalue weighted by atomic mass is 10.0. The molecule has 0 aliphatic carbocycles. The van der Waals surface area contributed by atoms with Crippen LogP contribution in [0.4, 0.5) is 11.8 Å². The largest absolute Gasteiger partial charge is 0.473 e. The highest BCUT2D eigenvalue weighted by Gasteiger charge is 2.59. The summed E-state index contributed by atoms with van der Waals surface area (Å²) in [6.07, 6.45) is -7.48. The first-order valence-electron chi connectivity index (χ1n) is 13.9. The maximum Gasteiger partial charge on any atom is 0.473 e.